The third-order valence-corrected chi connectivity index (χ3v) is 5.74. The van der Waals surface area contributed by atoms with Gasteiger partial charge >= 0.3 is 0 Å². The Labute approximate surface area is 160 Å². The number of fused-ring (bicyclic) bond motifs is 1. The summed E-state index contributed by atoms with van der Waals surface area (Å²) in [6.07, 6.45) is 5.62. The maximum Gasteiger partial charge on any atom is 0.0642 e. The van der Waals surface area contributed by atoms with E-state index in [2.05, 4.69) is 75.6 Å². The fraction of sp³-hybridized carbons (Fsp3) is 0.304. The molecule has 0 unspecified atom stereocenters. The molecule has 0 saturated carbocycles. The molecule has 1 aromatic heterocycles. The van der Waals surface area contributed by atoms with Gasteiger partial charge in [-0.15, -0.1) is 0 Å². The van der Waals surface area contributed by atoms with E-state index in [1.165, 1.54) is 33.4 Å². The van der Waals surface area contributed by atoms with E-state index in [0.717, 1.165) is 45.8 Å². The molecule has 1 saturated heterocycles. The quantitative estimate of drug-likeness (QED) is 0.757. The molecule has 138 valence electrons. The summed E-state index contributed by atoms with van der Waals surface area (Å²) in [6.45, 7) is 5.65. The Kier molecular flexibility index (Phi) is 4.34. The van der Waals surface area contributed by atoms with Gasteiger partial charge in [0.15, 0.2) is 0 Å². The molecule has 3 aromatic rings. The van der Waals surface area contributed by atoms with Crippen molar-refractivity contribution in [3.8, 4) is 0 Å². The van der Waals surface area contributed by atoms with Gasteiger partial charge in [-0.25, -0.2) is 0 Å². The topological polar surface area (TPSA) is 31.5 Å². The monoisotopic (exact) mass is 359 g/mol. The predicted molar refractivity (Wildman–Crippen MR) is 113 cm³/mol. The summed E-state index contributed by atoms with van der Waals surface area (Å²) in [4.78, 5) is 8.26. The Hall–Kier alpha value is -2.72. The van der Waals surface area contributed by atoms with E-state index in [9.17, 15) is 0 Å². The molecule has 2 aromatic carbocycles. The zero-order valence-corrected chi connectivity index (χ0v) is 15.5. The van der Waals surface area contributed by atoms with E-state index in [0.29, 0.717) is 0 Å². The first kappa shape index (κ1) is 16.5. The van der Waals surface area contributed by atoms with Crippen LogP contribution in [0.2, 0.25) is 0 Å². The van der Waals surface area contributed by atoms with Crippen LogP contribution in [0.4, 0.5) is 11.4 Å². The number of benzene rings is 2. The summed E-state index contributed by atoms with van der Waals surface area (Å²) in [7, 11) is 0. The van der Waals surface area contributed by atoms with Gasteiger partial charge < -0.3 is 19.5 Å². The molecule has 0 aliphatic carbocycles. The predicted octanol–water partition coefficient (Wildman–Crippen LogP) is 4.30. The van der Waals surface area contributed by atoms with E-state index in [1.54, 1.807) is 0 Å². The number of morpholine rings is 1. The highest BCUT2D eigenvalue weighted by atomic mass is 16.5. The van der Waals surface area contributed by atoms with Gasteiger partial charge in [0.1, 0.15) is 0 Å². The Morgan fingerprint density at radius 3 is 2.30 bits per heavy atom. The molecule has 5 rings (SSSR count). The molecule has 0 bridgehead atoms. The number of aromatic amines is 1. The highest BCUT2D eigenvalue weighted by Gasteiger charge is 2.17. The van der Waals surface area contributed by atoms with Gasteiger partial charge in [-0.05, 0) is 42.3 Å². The second kappa shape index (κ2) is 7.12. The van der Waals surface area contributed by atoms with Crippen molar-refractivity contribution in [1.82, 2.24) is 4.98 Å². The van der Waals surface area contributed by atoms with Crippen molar-refractivity contribution in [1.29, 1.82) is 0 Å². The van der Waals surface area contributed by atoms with Gasteiger partial charge in [-0.3, -0.25) is 0 Å². The number of nitrogens with zero attached hydrogens (tertiary/aromatic N) is 2. The minimum absolute atomic E-state index is 0.829. The summed E-state index contributed by atoms with van der Waals surface area (Å²) in [5, 5.41) is 1.33. The molecule has 0 amide bonds. The zero-order valence-electron chi connectivity index (χ0n) is 15.5. The Morgan fingerprint density at radius 2 is 1.56 bits per heavy atom. The lowest BCUT2D eigenvalue weighted by Crippen LogP contribution is -2.36. The number of H-pyrrole nitrogens is 1. The molecular formula is C23H25N3O. The van der Waals surface area contributed by atoms with Crippen LogP contribution in [-0.4, -0.2) is 44.4 Å². The van der Waals surface area contributed by atoms with Crippen LogP contribution in [0.5, 0.6) is 0 Å². The van der Waals surface area contributed by atoms with Crippen LogP contribution < -0.4 is 9.80 Å². The average molecular weight is 359 g/mol. The number of nitrogens with one attached hydrogen (secondary N) is 1. The minimum atomic E-state index is 0.829. The lowest BCUT2D eigenvalue weighted by atomic mass is 9.98. The lowest BCUT2D eigenvalue weighted by molar-refractivity contribution is 0.122. The van der Waals surface area contributed by atoms with Gasteiger partial charge in [-0.2, -0.15) is 0 Å². The van der Waals surface area contributed by atoms with Gasteiger partial charge in [-0.1, -0.05) is 24.3 Å². The Balaban J connectivity index is 1.31. The first-order valence-corrected chi connectivity index (χ1v) is 9.82. The van der Waals surface area contributed by atoms with Crippen LogP contribution in [-0.2, 0) is 4.74 Å². The van der Waals surface area contributed by atoms with Crippen molar-refractivity contribution in [2.24, 2.45) is 0 Å². The van der Waals surface area contributed by atoms with Crippen molar-refractivity contribution in [3.63, 3.8) is 0 Å². The standard InChI is InChI=1S/C23H25N3O/c1-2-4-23-21(3-1)22(17-24-23)18-9-11-25(12-10-18)19-5-7-20(8-6-19)26-13-15-27-16-14-26/h1-9,17,24H,10-16H2. The number of aromatic nitrogens is 1. The fourth-order valence-electron chi connectivity index (χ4n) is 4.18. The Morgan fingerprint density at radius 1 is 0.815 bits per heavy atom. The van der Waals surface area contributed by atoms with Gasteiger partial charge in [0.2, 0.25) is 0 Å². The maximum atomic E-state index is 5.45. The van der Waals surface area contributed by atoms with Crippen LogP contribution in [0, 0.1) is 0 Å². The van der Waals surface area contributed by atoms with Crippen LogP contribution >= 0.6 is 0 Å². The number of anilines is 2. The average Bonchev–Trinajstić information content (AvgIpc) is 3.19. The van der Waals surface area contributed by atoms with Crippen molar-refractivity contribution in [3.05, 3.63) is 66.4 Å². The largest absolute Gasteiger partial charge is 0.378 e. The number of hydrogen-bond acceptors (Lipinski definition) is 3. The highest BCUT2D eigenvalue weighted by Crippen LogP contribution is 2.31. The molecule has 27 heavy (non-hydrogen) atoms. The summed E-state index contributed by atoms with van der Waals surface area (Å²) in [6, 6.07) is 17.6. The van der Waals surface area contributed by atoms with Crippen molar-refractivity contribution in [2.45, 2.75) is 6.42 Å². The summed E-state index contributed by atoms with van der Waals surface area (Å²) in [5.41, 5.74) is 6.63. The van der Waals surface area contributed by atoms with Crippen LogP contribution in [0.25, 0.3) is 16.5 Å². The van der Waals surface area contributed by atoms with Gasteiger partial charge in [0.05, 0.1) is 13.2 Å². The van der Waals surface area contributed by atoms with Gasteiger partial charge in [0.25, 0.3) is 0 Å². The van der Waals surface area contributed by atoms with E-state index >= 15 is 0 Å². The number of para-hydroxylation sites is 1. The second-order valence-corrected chi connectivity index (χ2v) is 7.29. The molecule has 1 fully saturated rings. The van der Waals surface area contributed by atoms with Crippen molar-refractivity contribution in [2.75, 3.05) is 49.2 Å². The van der Waals surface area contributed by atoms with E-state index < -0.39 is 0 Å². The van der Waals surface area contributed by atoms with Gasteiger partial charge in [0, 0.05) is 60.2 Å². The SMILES string of the molecule is C1=C(c2c[nH]c3ccccc23)CCN(c2ccc(N3CCOCC3)cc2)C1. The molecule has 4 heteroatoms. The second-order valence-electron chi connectivity index (χ2n) is 7.29. The summed E-state index contributed by atoms with van der Waals surface area (Å²) >= 11 is 0. The number of rotatable bonds is 3. The molecule has 4 nitrogen and oxygen atoms in total. The normalized spacial score (nSPS) is 18.0. The van der Waals surface area contributed by atoms with Crippen LogP contribution in [0.15, 0.2) is 60.8 Å². The van der Waals surface area contributed by atoms with E-state index in [-0.39, 0.29) is 0 Å². The first-order chi connectivity index (χ1) is 13.4. The van der Waals surface area contributed by atoms with Crippen molar-refractivity contribution < 1.29 is 4.74 Å². The van der Waals surface area contributed by atoms with Crippen LogP contribution in [0.3, 0.4) is 0 Å². The molecular weight excluding hydrogens is 334 g/mol. The fourth-order valence-corrected chi connectivity index (χ4v) is 4.18. The number of hydrogen-bond donors (Lipinski definition) is 1. The van der Waals surface area contributed by atoms with E-state index in [4.69, 9.17) is 4.74 Å². The first-order valence-electron chi connectivity index (χ1n) is 9.82. The number of ether oxygens (including phenoxy) is 1. The highest BCUT2D eigenvalue weighted by molar-refractivity contribution is 5.93. The molecule has 3 heterocycles. The minimum Gasteiger partial charge on any atom is -0.378 e. The third kappa shape index (κ3) is 3.21. The molecule has 0 spiro atoms. The smallest absolute Gasteiger partial charge is 0.0642 e. The van der Waals surface area contributed by atoms with E-state index in [1.807, 2.05) is 0 Å². The van der Waals surface area contributed by atoms with Crippen molar-refractivity contribution >= 4 is 27.9 Å². The molecule has 0 atom stereocenters. The maximum absolute atomic E-state index is 5.45. The summed E-state index contributed by atoms with van der Waals surface area (Å²) < 4.78 is 5.45. The molecule has 2 aliphatic heterocycles. The lowest BCUT2D eigenvalue weighted by Gasteiger charge is -2.31. The molecule has 2 aliphatic rings. The van der Waals surface area contributed by atoms with Crippen LogP contribution in [0.1, 0.15) is 12.0 Å². The Bertz CT molecular complexity index is 951. The molecule has 0 radical (unpaired) electrons. The summed E-state index contributed by atoms with van der Waals surface area (Å²) in [5.74, 6) is 0. The molecule has 1 N–H and O–H groups in total. The third-order valence-electron chi connectivity index (χ3n) is 5.74. The zero-order chi connectivity index (χ0) is 18.1.